The smallest absolute Gasteiger partial charge is 0.242 e. The van der Waals surface area contributed by atoms with Crippen molar-refractivity contribution >= 4 is 39.8 Å². The number of amidine groups is 1. The number of benzene rings is 3. The first-order valence-electron chi connectivity index (χ1n) is 10.9. The molecule has 0 unspecified atom stereocenters. The van der Waals surface area contributed by atoms with Crippen molar-refractivity contribution in [2.75, 3.05) is 14.2 Å². The minimum Gasteiger partial charge on any atom is -0.497 e. The third-order valence-corrected chi connectivity index (χ3v) is 6.79. The molecule has 1 saturated heterocycles. The van der Waals surface area contributed by atoms with Gasteiger partial charge in [0.15, 0.2) is 5.17 Å². The summed E-state index contributed by atoms with van der Waals surface area (Å²) in [6.07, 6.45) is 3.38. The average Bonchev–Trinajstić information content (AvgIpc) is 3.14. The van der Waals surface area contributed by atoms with Crippen LogP contribution in [0.25, 0.3) is 10.8 Å². The summed E-state index contributed by atoms with van der Waals surface area (Å²) in [6, 6.07) is 19.9. The fourth-order valence-corrected chi connectivity index (χ4v) is 5.06. The fourth-order valence-electron chi connectivity index (χ4n) is 3.84. The molecule has 1 fully saturated rings. The van der Waals surface area contributed by atoms with Gasteiger partial charge >= 0.3 is 0 Å². The Balaban J connectivity index is 1.63. The molecule has 0 bridgehead atoms. The first-order valence-corrected chi connectivity index (χ1v) is 11.8. The highest BCUT2D eigenvalue weighted by atomic mass is 32.2. The summed E-state index contributed by atoms with van der Waals surface area (Å²) in [4.78, 5) is 14.9. The number of hydrogen-bond acceptors (Lipinski definition) is 6. The molecule has 3 aromatic rings. The number of ether oxygens (including phenoxy) is 2. The summed E-state index contributed by atoms with van der Waals surface area (Å²) < 4.78 is 10.7. The highest BCUT2D eigenvalue weighted by molar-refractivity contribution is 8.15. The normalized spacial score (nSPS) is 17.4. The van der Waals surface area contributed by atoms with Crippen LogP contribution in [0.4, 0.5) is 0 Å². The molecule has 6 nitrogen and oxygen atoms in total. The van der Waals surface area contributed by atoms with E-state index in [1.165, 1.54) is 11.8 Å². The van der Waals surface area contributed by atoms with Crippen LogP contribution in [0.5, 0.6) is 11.5 Å². The van der Waals surface area contributed by atoms with E-state index in [1.807, 2.05) is 30.3 Å². The number of fused-ring (bicyclic) bond motifs is 1. The Morgan fingerprint density at radius 3 is 2.67 bits per heavy atom. The zero-order valence-corrected chi connectivity index (χ0v) is 19.8. The van der Waals surface area contributed by atoms with Crippen LogP contribution in [0.3, 0.4) is 0 Å². The van der Waals surface area contributed by atoms with Crippen molar-refractivity contribution in [1.82, 2.24) is 4.90 Å². The third kappa shape index (κ3) is 5.03. The molecule has 0 spiro atoms. The zero-order chi connectivity index (χ0) is 23.2. The van der Waals surface area contributed by atoms with Crippen LogP contribution in [0.2, 0.25) is 0 Å². The highest BCUT2D eigenvalue weighted by Crippen LogP contribution is 2.33. The number of carbonyl (C=O) groups is 1. The number of amides is 1. The quantitative estimate of drug-likeness (QED) is 0.329. The second-order valence-electron chi connectivity index (χ2n) is 7.69. The minimum absolute atomic E-state index is 0.0887. The molecule has 1 aliphatic rings. The van der Waals surface area contributed by atoms with Gasteiger partial charge in [-0.2, -0.15) is 5.10 Å². The van der Waals surface area contributed by atoms with E-state index in [4.69, 9.17) is 9.47 Å². The van der Waals surface area contributed by atoms with Crippen molar-refractivity contribution in [3.63, 3.8) is 0 Å². The Labute approximate surface area is 198 Å². The van der Waals surface area contributed by atoms with Crippen molar-refractivity contribution in [2.45, 2.75) is 31.6 Å². The summed E-state index contributed by atoms with van der Waals surface area (Å²) in [6.45, 7) is 2.56. The Morgan fingerprint density at radius 2 is 1.88 bits per heavy atom. The molecule has 0 radical (unpaired) electrons. The van der Waals surface area contributed by atoms with Gasteiger partial charge in [0.05, 0.1) is 32.2 Å². The summed E-state index contributed by atoms with van der Waals surface area (Å²) >= 11 is 1.49. The zero-order valence-electron chi connectivity index (χ0n) is 19.0. The van der Waals surface area contributed by atoms with Gasteiger partial charge in [0.2, 0.25) is 5.91 Å². The lowest BCUT2D eigenvalue weighted by Crippen LogP contribution is -2.31. The molecule has 170 valence electrons. The van der Waals surface area contributed by atoms with Gasteiger partial charge in [-0.3, -0.25) is 9.69 Å². The molecule has 0 aromatic heterocycles. The molecule has 0 aliphatic carbocycles. The molecule has 7 heteroatoms. The van der Waals surface area contributed by atoms with Gasteiger partial charge < -0.3 is 9.47 Å². The standard InChI is InChI=1S/C26H27N3O3S/c1-4-8-24-25(30)29(17-20-11-7-10-18-9-5-6-12-22(18)20)26(33-24)28-27-16-19-13-14-21(31-2)15-23(19)32-3/h5-7,9-16,24H,4,8,17H2,1-3H3/b27-16-,28-26-/t24-/m0/s1. The second-order valence-corrected chi connectivity index (χ2v) is 8.86. The van der Waals surface area contributed by atoms with Crippen LogP contribution in [0, 0.1) is 0 Å². The van der Waals surface area contributed by atoms with Crippen LogP contribution in [0.1, 0.15) is 30.9 Å². The molecule has 4 rings (SSSR count). The monoisotopic (exact) mass is 461 g/mol. The number of methoxy groups -OCH3 is 2. The fraction of sp³-hybridized carbons (Fsp3) is 0.269. The Kier molecular flexibility index (Phi) is 7.29. The topological polar surface area (TPSA) is 63.5 Å². The molecule has 1 heterocycles. The SMILES string of the molecule is CCC[C@@H]1S/C(=N\N=C/c2ccc(OC)cc2OC)N(Cc2cccc3ccccc23)C1=O. The maximum absolute atomic E-state index is 13.2. The van der Waals surface area contributed by atoms with Crippen molar-refractivity contribution in [3.05, 3.63) is 71.8 Å². The number of hydrogen-bond donors (Lipinski definition) is 0. The lowest BCUT2D eigenvalue weighted by Gasteiger charge is -2.17. The Hall–Kier alpha value is -3.32. The van der Waals surface area contributed by atoms with Gasteiger partial charge in [-0.05, 0) is 34.9 Å². The van der Waals surface area contributed by atoms with Crippen LogP contribution in [0.15, 0.2) is 70.9 Å². The van der Waals surface area contributed by atoms with Crippen molar-refractivity contribution in [3.8, 4) is 11.5 Å². The van der Waals surface area contributed by atoms with Gasteiger partial charge in [0, 0.05) is 11.6 Å². The summed E-state index contributed by atoms with van der Waals surface area (Å²) in [5.74, 6) is 1.44. The molecule has 1 aliphatic heterocycles. The lowest BCUT2D eigenvalue weighted by atomic mass is 10.0. The highest BCUT2D eigenvalue weighted by Gasteiger charge is 2.37. The second kappa shape index (κ2) is 10.5. The van der Waals surface area contributed by atoms with Gasteiger partial charge in [-0.15, -0.1) is 5.10 Å². The predicted molar refractivity (Wildman–Crippen MR) is 135 cm³/mol. The van der Waals surface area contributed by atoms with E-state index in [9.17, 15) is 4.79 Å². The predicted octanol–water partition coefficient (Wildman–Crippen LogP) is 5.49. The number of thioether (sulfide) groups is 1. The third-order valence-electron chi connectivity index (χ3n) is 5.56. The molecule has 1 atom stereocenters. The van der Waals surface area contributed by atoms with E-state index in [1.54, 1.807) is 31.4 Å². The van der Waals surface area contributed by atoms with Crippen molar-refractivity contribution in [1.29, 1.82) is 0 Å². The van der Waals surface area contributed by atoms with Crippen LogP contribution >= 0.6 is 11.8 Å². The lowest BCUT2D eigenvalue weighted by molar-refractivity contribution is -0.126. The first kappa shape index (κ1) is 22.9. The van der Waals surface area contributed by atoms with E-state index in [-0.39, 0.29) is 11.2 Å². The van der Waals surface area contributed by atoms with Crippen LogP contribution < -0.4 is 9.47 Å². The van der Waals surface area contributed by atoms with E-state index in [2.05, 4.69) is 41.4 Å². The van der Waals surface area contributed by atoms with Crippen LogP contribution in [-0.4, -0.2) is 41.7 Å². The van der Waals surface area contributed by atoms with Crippen molar-refractivity contribution < 1.29 is 14.3 Å². The maximum Gasteiger partial charge on any atom is 0.242 e. The molecule has 33 heavy (non-hydrogen) atoms. The van der Waals surface area contributed by atoms with Gasteiger partial charge in [0.25, 0.3) is 0 Å². The number of rotatable bonds is 8. The molecular weight excluding hydrogens is 434 g/mol. The van der Waals surface area contributed by atoms with Gasteiger partial charge in [-0.25, -0.2) is 0 Å². The molecular formula is C26H27N3O3S. The largest absolute Gasteiger partial charge is 0.497 e. The Morgan fingerprint density at radius 1 is 1.06 bits per heavy atom. The number of carbonyl (C=O) groups excluding carboxylic acids is 1. The molecule has 1 amide bonds. The maximum atomic E-state index is 13.2. The van der Waals surface area contributed by atoms with E-state index in [0.29, 0.717) is 23.2 Å². The van der Waals surface area contributed by atoms with Crippen molar-refractivity contribution in [2.24, 2.45) is 10.2 Å². The summed E-state index contributed by atoms with van der Waals surface area (Å²) in [5, 5.41) is 11.5. The van der Waals surface area contributed by atoms with E-state index >= 15 is 0 Å². The molecule has 3 aromatic carbocycles. The van der Waals surface area contributed by atoms with E-state index < -0.39 is 0 Å². The first-order chi connectivity index (χ1) is 16.1. The molecule has 0 saturated carbocycles. The molecule has 0 N–H and O–H groups in total. The summed E-state index contributed by atoms with van der Waals surface area (Å²) in [5.41, 5.74) is 1.87. The average molecular weight is 462 g/mol. The minimum atomic E-state index is -0.130. The Bertz CT molecular complexity index is 1200. The van der Waals surface area contributed by atoms with Gasteiger partial charge in [-0.1, -0.05) is 67.6 Å². The number of nitrogens with zero attached hydrogens (tertiary/aromatic N) is 3. The van der Waals surface area contributed by atoms with Gasteiger partial charge in [0.1, 0.15) is 11.5 Å². The van der Waals surface area contributed by atoms with Crippen LogP contribution in [-0.2, 0) is 11.3 Å². The van der Waals surface area contributed by atoms with E-state index in [0.717, 1.165) is 34.7 Å². The summed E-state index contributed by atoms with van der Waals surface area (Å²) in [7, 11) is 3.21.